The van der Waals surface area contributed by atoms with E-state index in [9.17, 15) is 14.9 Å². The Morgan fingerprint density at radius 3 is 2.43 bits per heavy atom. The summed E-state index contributed by atoms with van der Waals surface area (Å²) in [5.74, 6) is -0.111. The molecule has 9 nitrogen and oxygen atoms in total. The number of hydrogen-bond donors (Lipinski definition) is 1. The van der Waals surface area contributed by atoms with Gasteiger partial charge in [0.05, 0.1) is 6.07 Å². The van der Waals surface area contributed by atoms with E-state index in [2.05, 4.69) is 21.4 Å². The third-order valence-corrected chi connectivity index (χ3v) is 6.41. The number of piperidine rings is 1. The van der Waals surface area contributed by atoms with Gasteiger partial charge in [0.1, 0.15) is 23.8 Å². The molecule has 1 aliphatic carbocycles. The predicted molar refractivity (Wildman–Crippen MR) is 126 cm³/mol. The second kappa shape index (κ2) is 9.71. The van der Waals surface area contributed by atoms with Gasteiger partial charge in [0.15, 0.2) is 0 Å². The van der Waals surface area contributed by atoms with Crippen molar-refractivity contribution in [3.8, 4) is 23.3 Å². The van der Waals surface area contributed by atoms with Gasteiger partial charge in [0.25, 0.3) is 0 Å². The van der Waals surface area contributed by atoms with Crippen LogP contribution in [-0.2, 0) is 16.0 Å². The SMILES string of the molecule is CC(C)(C)OC(=O)N1[C@@H]2CC[C@@H](C2)[C@H]1C(=O)N[C@H](C#N)Cc1ccc(-c2cnc(C#N)nc2)cc1. The first-order valence-corrected chi connectivity index (χ1v) is 11.7. The molecule has 1 saturated heterocycles. The number of nitrogens with one attached hydrogen (secondary N) is 1. The number of nitriles is 2. The van der Waals surface area contributed by atoms with Crippen LogP contribution in [-0.4, -0.2) is 50.6 Å². The van der Waals surface area contributed by atoms with Crippen molar-refractivity contribution in [1.29, 1.82) is 10.5 Å². The topological polar surface area (TPSA) is 132 Å². The average molecular weight is 473 g/mol. The molecule has 0 unspecified atom stereocenters. The molecule has 1 saturated carbocycles. The minimum Gasteiger partial charge on any atom is -0.444 e. The summed E-state index contributed by atoms with van der Waals surface area (Å²) in [6, 6.07) is 10.3. The van der Waals surface area contributed by atoms with Gasteiger partial charge in [-0.15, -0.1) is 0 Å². The minimum atomic E-state index is -0.730. The summed E-state index contributed by atoms with van der Waals surface area (Å²) >= 11 is 0. The van der Waals surface area contributed by atoms with Gasteiger partial charge in [-0.1, -0.05) is 24.3 Å². The highest BCUT2D eigenvalue weighted by atomic mass is 16.6. The Morgan fingerprint density at radius 1 is 1.14 bits per heavy atom. The number of carbonyl (C=O) groups excluding carboxylic acids is 2. The number of carbonyl (C=O) groups is 2. The van der Waals surface area contributed by atoms with Crippen molar-refractivity contribution >= 4 is 12.0 Å². The van der Waals surface area contributed by atoms with E-state index in [1.54, 1.807) is 38.1 Å². The number of nitrogens with zero attached hydrogens (tertiary/aromatic N) is 5. The van der Waals surface area contributed by atoms with Crippen LogP contribution in [0.5, 0.6) is 0 Å². The van der Waals surface area contributed by atoms with Crippen molar-refractivity contribution in [3.05, 3.63) is 48.0 Å². The van der Waals surface area contributed by atoms with Crippen molar-refractivity contribution in [3.63, 3.8) is 0 Å². The molecule has 2 bridgehead atoms. The molecule has 4 atom stereocenters. The molecular weight excluding hydrogens is 444 g/mol. The normalized spacial score (nSPS) is 21.6. The van der Waals surface area contributed by atoms with E-state index in [1.165, 1.54) is 0 Å². The molecule has 2 aromatic rings. The third-order valence-electron chi connectivity index (χ3n) is 6.41. The van der Waals surface area contributed by atoms with E-state index < -0.39 is 23.8 Å². The monoisotopic (exact) mass is 472 g/mol. The Morgan fingerprint density at radius 2 is 1.83 bits per heavy atom. The summed E-state index contributed by atoms with van der Waals surface area (Å²) in [6.07, 6.45) is 5.58. The Kier molecular flexibility index (Phi) is 6.70. The number of amides is 2. The van der Waals surface area contributed by atoms with Crippen molar-refractivity contribution in [2.24, 2.45) is 5.92 Å². The first-order valence-electron chi connectivity index (χ1n) is 11.7. The molecule has 0 spiro atoms. The number of ether oxygens (including phenoxy) is 1. The number of benzene rings is 1. The smallest absolute Gasteiger partial charge is 0.411 e. The molecule has 1 aromatic carbocycles. The zero-order chi connectivity index (χ0) is 25.2. The molecule has 2 amide bonds. The van der Waals surface area contributed by atoms with E-state index >= 15 is 0 Å². The van der Waals surface area contributed by atoms with Gasteiger partial charge in [-0.3, -0.25) is 9.69 Å². The first-order chi connectivity index (χ1) is 16.7. The largest absolute Gasteiger partial charge is 0.444 e. The molecule has 1 aliphatic heterocycles. The van der Waals surface area contributed by atoms with Crippen LogP contribution in [0, 0.1) is 28.6 Å². The third kappa shape index (κ3) is 5.41. The van der Waals surface area contributed by atoms with Gasteiger partial charge in [0, 0.05) is 30.4 Å². The number of likely N-dealkylation sites (tertiary alicyclic amines) is 1. The zero-order valence-electron chi connectivity index (χ0n) is 20.1. The highest BCUT2D eigenvalue weighted by Crippen LogP contribution is 2.43. The minimum absolute atomic E-state index is 0.00452. The number of aromatic nitrogens is 2. The van der Waals surface area contributed by atoms with Gasteiger partial charge in [-0.05, 0) is 57.1 Å². The van der Waals surface area contributed by atoms with Gasteiger partial charge in [-0.25, -0.2) is 14.8 Å². The van der Waals surface area contributed by atoms with Crippen LogP contribution < -0.4 is 5.32 Å². The highest BCUT2D eigenvalue weighted by Gasteiger charge is 2.52. The van der Waals surface area contributed by atoms with Crippen molar-refractivity contribution in [2.45, 2.75) is 70.2 Å². The summed E-state index contributed by atoms with van der Waals surface area (Å²) < 4.78 is 5.56. The second-order valence-electron chi connectivity index (χ2n) is 10.1. The van der Waals surface area contributed by atoms with Crippen LogP contribution in [0.1, 0.15) is 51.4 Å². The summed E-state index contributed by atoms with van der Waals surface area (Å²) in [5, 5.41) is 21.4. The van der Waals surface area contributed by atoms with E-state index in [0.717, 1.165) is 36.0 Å². The van der Waals surface area contributed by atoms with Crippen LogP contribution in [0.25, 0.3) is 11.1 Å². The molecule has 0 radical (unpaired) electrons. The van der Waals surface area contributed by atoms with E-state index in [1.807, 2.05) is 30.3 Å². The fourth-order valence-electron chi connectivity index (χ4n) is 4.89. The summed E-state index contributed by atoms with van der Waals surface area (Å²) in [5.41, 5.74) is 1.89. The van der Waals surface area contributed by atoms with Crippen molar-refractivity contribution in [2.75, 3.05) is 0 Å². The van der Waals surface area contributed by atoms with Gasteiger partial charge >= 0.3 is 6.09 Å². The lowest BCUT2D eigenvalue weighted by Crippen LogP contribution is -2.55. The predicted octanol–water partition coefficient (Wildman–Crippen LogP) is 3.35. The molecular formula is C26H28N6O3. The Labute approximate surface area is 204 Å². The maximum atomic E-state index is 13.2. The number of hydrogen-bond acceptors (Lipinski definition) is 7. The van der Waals surface area contributed by atoms with Crippen molar-refractivity contribution < 1.29 is 14.3 Å². The van der Waals surface area contributed by atoms with Gasteiger partial charge in [0.2, 0.25) is 11.7 Å². The lowest BCUT2D eigenvalue weighted by Gasteiger charge is -2.35. The molecule has 2 fully saturated rings. The maximum absolute atomic E-state index is 13.2. The van der Waals surface area contributed by atoms with Crippen LogP contribution >= 0.6 is 0 Å². The van der Waals surface area contributed by atoms with Crippen LogP contribution in [0.2, 0.25) is 0 Å². The van der Waals surface area contributed by atoms with Crippen molar-refractivity contribution in [1.82, 2.24) is 20.2 Å². The quantitative estimate of drug-likeness (QED) is 0.706. The van der Waals surface area contributed by atoms with Gasteiger partial charge < -0.3 is 10.1 Å². The lowest BCUT2D eigenvalue weighted by molar-refractivity contribution is -0.128. The zero-order valence-corrected chi connectivity index (χ0v) is 20.1. The molecule has 4 rings (SSSR count). The molecule has 2 heterocycles. The second-order valence-corrected chi connectivity index (χ2v) is 10.1. The standard InChI is InChI=1S/C26H28N6O3/c1-26(2,3)35-25(34)32-21-9-8-18(11-21)23(32)24(33)31-20(12-27)10-16-4-6-17(7-5-16)19-14-29-22(13-28)30-15-19/h4-7,14-15,18,20-21,23H,8-11H2,1-3H3,(H,31,33)/t18-,20-,21+,23-/m0/s1. The fourth-order valence-corrected chi connectivity index (χ4v) is 4.89. The molecule has 35 heavy (non-hydrogen) atoms. The highest BCUT2D eigenvalue weighted by molar-refractivity contribution is 5.87. The average Bonchev–Trinajstić information content (AvgIpc) is 3.45. The molecule has 1 N–H and O–H groups in total. The summed E-state index contributed by atoms with van der Waals surface area (Å²) in [6.45, 7) is 5.42. The van der Waals surface area contributed by atoms with Crippen LogP contribution in [0.3, 0.4) is 0 Å². The summed E-state index contributed by atoms with van der Waals surface area (Å²) in [7, 11) is 0. The maximum Gasteiger partial charge on any atom is 0.411 e. The molecule has 2 aliphatic rings. The number of rotatable bonds is 5. The van der Waals surface area contributed by atoms with Gasteiger partial charge in [-0.2, -0.15) is 10.5 Å². The van der Waals surface area contributed by atoms with Crippen LogP contribution in [0.4, 0.5) is 4.79 Å². The lowest BCUT2D eigenvalue weighted by atomic mass is 9.97. The van der Waals surface area contributed by atoms with E-state index in [4.69, 9.17) is 10.00 Å². The number of fused-ring (bicyclic) bond motifs is 2. The molecule has 1 aromatic heterocycles. The Balaban J connectivity index is 1.41. The summed E-state index contributed by atoms with van der Waals surface area (Å²) in [4.78, 5) is 35.6. The first kappa shape index (κ1) is 24.2. The molecule has 180 valence electrons. The van der Waals surface area contributed by atoms with E-state index in [-0.39, 0.29) is 23.7 Å². The van der Waals surface area contributed by atoms with E-state index in [0.29, 0.717) is 6.42 Å². The fraction of sp³-hybridized carbons (Fsp3) is 0.462. The molecule has 9 heteroatoms. The Hall–Kier alpha value is -3.98. The van der Waals surface area contributed by atoms with Crippen LogP contribution in [0.15, 0.2) is 36.7 Å². The Bertz CT molecular complexity index is 1170.